The summed E-state index contributed by atoms with van der Waals surface area (Å²) in [5.74, 6) is 1.54. The quantitative estimate of drug-likeness (QED) is 0.313. The lowest BCUT2D eigenvalue weighted by atomic mass is 10.0. The number of guanidine groups is 1. The number of ether oxygens (including phenoxy) is 1. The van der Waals surface area contributed by atoms with Crippen molar-refractivity contribution in [2.45, 2.75) is 52.0 Å². The highest BCUT2D eigenvalue weighted by molar-refractivity contribution is 5.79. The van der Waals surface area contributed by atoms with E-state index in [1.165, 1.54) is 38.6 Å². The fraction of sp³-hybridized carbons (Fsp3) is 0.950. The van der Waals surface area contributed by atoms with E-state index in [0.29, 0.717) is 12.0 Å². The summed E-state index contributed by atoms with van der Waals surface area (Å²) in [4.78, 5) is 9.18. The van der Waals surface area contributed by atoms with Gasteiger partial charge in [0.15, 0.2) is 5.96 Å². The van der Waals surface area contributed by atoms with Gasteiger partial charge in [-0.3, -0.25) is 9.89 Å². The fourth-order valence-corrected chi connectivity index (χ4v) is 3.41. The number of unbranched alkanes of at least 4 members (excludes halogenated alkanes) is 4. The van der Waals surface area contributed by atoms with E-state index < -0.39 is 0 Å². The van der Waals surface area contributed by atoms with Gasteiger partial charge in [0.05, 0.1) is 13.2 Å². The Kier molecular flexibility index (Phi) is 12.7. The predicted octanol–water partition coefficient (Wildman–Crippen LogP) is 2.02. The molecule has 1 heterocycles. The maximum Gasteiger partial charge on any atom is 0.191 e. The van der Waals surface area contributed by atoms with E-state index in [0.717, 1.165) is 45.4 Å². The first kappa shape index (κ1) is 23.2. The average Bonchev–Trinajstić information content (AvgIpc) is 2.62. The van der Waals surface area contributed by atoms with Crippen molar-refractivity contribution in [3.8, 4) is 0 Å². The molecule has 2 N–H and O–H groups in total. The van der Waals surface area contributed by atoms with Gasteiger partial charge in [0.25, 0.3) is 0 Å². The van der Waals surface area contributed by atoms with Gasteiger partial charge in [0.2, 0.25) is 0 Å². The molecular weight excluding hydrogens is 326 g/mol. The minimum atomic E-state index is 0.522. The molecule has 1 aliphatic rings. The normalized spacial score (nSPS) is 17.7. The lowest BCUT2D eigenvalue weighted by Crippen LogP contribution is -2.52. The van der Waals surface area contributed by atoms with Crippen molar-refractivity contribution in [2.24, 2.45) is 10.9 Å². The van der Waals surface area contributed by atoms with Crippen molar-refractivity contribution in [1.29, 1.82) is 0 Å². The van der Waals surface area contributed by atoms with E-state index in [9.17, 15) is 0 Å². The zero-order valence-corrected chi connectivity index (χ0v) is 17.9. The molecule has 6 heteroatoms. The Labute approximate surface area is 161 Å². The van der Waals surface area contributed by atoms with Gasteiger partial charge in [-0.1, -0.05) is 33.1 Å². The zero-order chi connectivity index (χ0) is 19.2. The van der Waals surface area contributed by atoms with Gasteiger partial charge in [-0.15, -0.1) is 0 Å². The van der Waals surface area contributed by atoms with Crippen LogP contribution in [0.5, 0.6) is 0 Å². The van der Waals surface area contributed by atoms with Crippen LogP contribution in [0.3, 0.4) is 0 Å². The molecule has 26 heavy (non-hydrogen) atoms. The van der Waals surface area contributed by atoms with Crippen LogP contribution in [0.25, 0.3) is 0 Å². The average molecular weight is 370 g/mol. The highest BCUT2D eigenvalue weighted by Crippen LogP contribution is 2.12. The number of hydrogen-bond acceptors (Lipinski definition) is 4. The summed E-state index contributed by atoms with van der Waals surface area (Å²) in [5.41, 5.74) is 0. The molecule has 0 saturated carbocycles. The third kappa shape index (κ3) is 10.3. The van der Waals surface area contributed by atoms with E-state index in [1.54, 1.807) is 0 Å². The Balaban J connectivity index is 2.16. The van der Waals surface area contributed by atoms with Crippen molar-refractivity contribution >= 4 is 5.96 Å². The van der Waals surface area contributed by atoms with Gasteiger partial charge in [0, 0.05) is 39.3 Å². The van der Waals surface area contributed by atoms with Crippen molar-refractivity contribution in [1.82, 2.24) is 20.4 Å². The summed E-state index contributed by atoms with van der Waals surface area (Å²) in [6.07, 6.45) is 6.47. The molecule has 0 aromatic carbocycles. The first-order valence-electron chi connectivity index (χ1n) is 10.5. The SMILES string of the molecule is CN=C(NCCCCCCCN(C)C)NCC(C(C)C)N1CCOCC1. The lowest BCUT2D eigenvalue weighted by molar-refractivity contribution is 0.00752. The summed E-state index contributed by atoms with van der Waals surface area (Å²) in [7, 11) is 6.15. The molecule has 0 radical (unpaired) electrons. The molecule has 1 atom stereocenters. The molecule has 0 spiro atoms. The van der Waals surface area contributed by atoms with Crippen LogP contribution in [0.2, 0.25) is 0 Å². The summed E-state index contributed by atoms with van der Waals surface area (Å²) < 4.78 is 5.49. The molecule has 0 aromatic rings. The second kappa shape index (κ2) is 14.2. The van der Waals surface area contributed by atoms with E-state index in [1.807, 2.05) is 7.05 Å². The van der Waals surface area contributed by atoms with Gasteiger partial charge in [-0.2, -0.15) is 0 Å². The monoisotopic (exact) mass is 369 g/mol. The number of rotatable bonds is 12. The minimum absolute atomic E-state index is 0.522. The molecule has 6 nitrogen and oxygen atoms in total. The number of nitrogens with zero attached hydrogens (tertiary/aromatic N) is 3. The van der Waals surface area contributed by atoms with Crippen LogP contribution < -0.4 is 10.6 Å². The fourth-order valence-electron chi connectivity index (χ4n) is 3.41. The highest BCUT2D eigenvalue weighted by atomic mass is 16.5. The van der Waals surface area contributed by atoms with Crippen LogP contribution in [0.4, 0.5) is 0 Å². The molecule has 0 bridgehead atoms. The first-order valence-corrected chi connectivity index (χ1v) is 10.5. The summed E-state index contributed by atoms with van der Waals surface area (Å²) in [6, 6.07) is 0.522. The minimum Gasteiger partial charge on any atom is -0.379 e. The van der Waals surface area contributed by atoms with Gasteiger partial charge >= 0.3 is 0 Å². The lowest BCUT2D eigenvalue weighted by Gasteiger charge is -2.37. The van der Waals surface area contributed by atoms with Crippen LogP contribution in [-0.2, 0) is 4.74 Å². The van der Waals surface area contributed by atoms with Crippen molar-refractivity contribution in [3.05, 3.63) is 0 Å². The van der Waals surface area contributed by atoms with Gasteiger partial charge in [-0.25, -0.2) is 0 Å². The molecule has 1 aliphatic heterocycles. The van der Waals surface area contributed by atoms with E-state index in [2.05, 4.69) is 53.4 Å². The highest BCUT2D eigenvalue weighted by Gasteiger charge is 2.23. The van der Waals surface area contributed by atoms with Crippen LogP contribution >= 0.6 is 0 Å². The van der Waals surface area contributed by atoms with E-state index in [-0.39, 0.29) is 0 Å². The third-order valence-corrected chi connectivity index (χ3v) is 5.06. The zero-order valence-electron chi connectivity index (χ0n) is 17.9. The Bertz CT molecular complexity index is 367. The molecule has 0 aliphatic carbocycles. The molecular formula is C20H43N5O. The first-order chi connectivity index (χ1) is 12.5. The van der Waals surface area contributed by atoms with Crippen LogP contribution in [-0.4, -0.2) is 88.9 Å². The topological polar surface area (TPSA) is 52.1 Å². The molecule has 1 fully saturated rings. The summed E-state index contributed by atoms with van der Waals surface area (Å²) in [6.45, 7) is 11.5. The van der Waals surface area contributed by atoms with Gasteiger partial charge in [-0.05, 0) is 39.4 Å². The van der Waals surface area contributed by atoms with Gasteiger partial charge < -0.3 is 20.3 Å². The number of morpholine rings is 1. The second-order valence-electron chi connectivity index (χ2n) is 7.91. The number of aliphatic imine (C=N–C) groups is 1. The van der Waals surface area contributed by atoms with Crippen molar-refractivity contribution in [2.75, 3.05) is 67.1 Å². The Hall–Kier alpha value is -0.850. The molecule has 154 valence electrons. The van der Waals surface area contributed by atoms with Crippen LogP contribution in [0.1, 0.15) is 46.0 Å². The maximum absolute atomic E-state index is 5.49. The largest absolute Gasteiger partial charge is 0.379 e. The van der Waals surface area contributed by atoms with Crippen molar-refractivity contribution < 1.29 is 4.74 Å². The molecule has 0 amide bonds. The Morgan fingerprint density at radius 2 is 1.69 bits per heavy atom. The predicted molar refractivity (Wildman–Crippen MR) is 112 cm³/mol. The van der Waals surface area contributed by atoms with Crippen molar-refractivity contribution in [3.63, 3.8) is 0 Å². The van der Waals surface area contributed by atoms with Crippen LogP contribution in [0, 0.1) is 5.92 Å². The van der Waals surface area contributed by atoms with Gasteiger partial charge in [0.1, 0.15) is 0 Å². The summed E-state index contributed by atoms with van der Waals surface area (Å²) >= 11 is 0. The third-order valence-electron chi connectivity index (χ3n) is 5.06. The summed E-state index contributed by atoms with van der Waals surface area (Å²) in [5, 5.41) is 6.99. The molecule has 0 aromatic heterocycles. The molecule has 1 saturated heterocycles. The maximum atomic E-state index is 5.49. The second-order valence-corrected chi connectivity index (χ2v) is 7.91. The standard InChI is InChI=1S/C20H43N5O/c1-18(2)19(25-13-15-26-16-14-25)17-23-20(21-3)22-11-9-7-6-8-10-12-24(4)5/h18-19H,6-17H2,1-5H3,(H2,21,22,23). The molecule has 1 rings (SSSR count). The number of hydrogen-bond donors (Lipinski definition) is 2. The smallest absolute Gasteiger partial charge is 0.191 e. The van der Waals surface area contributed by atoms with E-state index >= 15 is 0 Å². The Morgan fingerprint density at radius 1 is 1.04 bits per heavy atom. The number of nitrogens with one attached hydrogen (secondary N) is 2. The van der Waals surface area contributed by atoms with Crippen LogP contribution in [0.15, 0.2) is 4.99 Å². The van der Waals surface area contributed by atoms with E-state index in [4.69, 9.17) is 4.74 Å². The Morgan fingerprint density at radius 3 is 2.31 bits per heavy atom. The molecule has 1 unspecified atom stereocenters.